The largest absolute Gasteiger partial charge is 0.278 e. The lowest BCUT2D eigenvalue weighted by molar-refractivity contribution is 1.12. The van der Waals surface area contributed by atoms with Gasteiger partial charge in [0.1, 0.15) is 5.69 Å². The van der Waals surface area contributed by atoms with Crippen LogP contribution in [0.1, 0.15) is 5.56 Å². The van der Waals surface area contributed by atoms with E-state index in [0.29, 0.717) is 5.69 Å². The minimum Gasteiger partial charge on any atom is -0.278 e. The monoisotopic (exact) mass is 240 g/mol. The van der Waals surface area contributed by atoms with E-state index < -0.39 is 0 Å². The SMILES string of the molecule is [C-]#[N+]c1cc2[nH]nc(-c3cnsc3)c2cc1C. The summed E-state index contributed by atoms with van der Waals surface area (Å²) in [6.07, 6.45) is 1.80. The maximum absolute atomic E-state index is 7.09. The van der Waals surface area contributed by atoms with Crippen LogP contribution in [0.15, 0.2) is 23.7 Å². The van der Waals surface area contributed by atoms with Crippen LogP contribution in [0.4, 0.5) is 5.69 Å². The van der Waals surface area contributed by atoms with Crippen LogP contribution in [0.2, 0.25) is 0 Å². The number of benzene rings is 1. The molecule has 82 valence electrons. The van der Waals surface area contributed by atoms with E-state index in [4.69, 9.17) is 6.57 Å². The van der Waals surface area contributed by atoms with E-state index in [1.807, 2.05) is 24.4 Å². The number of hydrogen-bond donors (Lipinski definition) is 1. The van der Waals surface area contributed by atoms with Gasteiger partial charge in [0.05, 0.1) is 18.3 Å². The van der Waals surface area contributed by atoms with Gasteiger partial charge >= 0.3 is 0 Å². The molecule has 3 rings (SSSR count). The topological polar surface area (TPSA) is 45.9 Å². The standard InChI is InChI=1S/C12H8N4S/c1-7-3-9-11(4-10(7)13-2)15-16-12(9)8-5-14-17-6-8/h3-6H,1H3,(H,15,16). The number of nitrogens with one attached hydrogen (secondary N) is 1. The van der Waals surface area contributed by atoms with Gasteiger partial charge in [-0.25, -0.2) is 9.22 Å². The number of aryl methyl sites for hydroxylation is 1. The minimum absolute atomic E-state index is 0.663. The number of aromatic nitrogens is 3. The fraction of sp³-hybridized carbons (Fsp3) is 0.0833. The average molecular weight is 240 g/mol. The normalized spacial score (nSPS) is 10.6. The molecule has 4 nitrogen and oxygen atoms in total. The quantitative estimate of drug-likeness (QED) is 0.661. The van der Waals surface area contributed by atoms with Crippen molar-refractivity contribution in [3.05, 3.63) is 40.7 Å². The van der Waals surface area contributed by atoms with E-state index in [-0.39, 0.29) is 0 Å². The van der Waals surface area contributed by atoms with E-state index in [1.54, 1.807) is 6.20 Å². The number of nitrogens with zero attached hydrogens (tertiary/aromatic N) is 3. The molecule has 5 heteroatoms. The molecule has 2 heterocycles. The maximum atomic E-state index is 7.09. The highest BCUT2D eigenvalue weighted by Crippen LogP contribution is 2.31. The predicted octanol–water partition coefficient (Wildman–Crippen LogP) is 3.55. The van der Waals surface area contributed by atoms with Crippen LogP contribution in [0.5, 0.6) is 0 Å². The third kappa shape index (κ3) is 1.50. The van der Waals surface area contributed by atoms with Crippen molar-refractivity contribution >= 4 is 28.1 Å². The zero-order chi connectivity index (χ0) is 11.8. The van der Waals surface area contributed by atoms with Crippen LogP contribution in [0.25, 0.3) is 27.0 Å². The first-order chi connectivity index (χ1) is 8.29. The van der Waals surface area contributed by atoms with Crippen LogP contribution in [0.3, 0.4) is 0 Å². The zero-order valence-corrected chi connectivity index (χ0v) is 9.88. The van der Waals surface area contributed by atoms with Crippen LogP contribution >= 0.6 is 11.5 Å². The zero-order valence-electron chi connectivity index (χ0n) is 9.06. The lowest BCUT2D eigenvalue weighted by Gasteiger charge is -1.98. The highest BCUT2D eigenvalue weighted by molar-refractivity contribution is 7.03. The third-order valence-corrected chi connectivity index (χ3v) is 3.29. The molecular weight excluding hydrogens is 232 g/mol. The fourth-order valence-corrected chi connectivity index (χ4v) is 2.34. The summed E-state index contributed by atoms with van der Waals surface area (Å²) in [4.78, 5) is 3.48. The van der Waals surface area contributed by atoms with Crippen molar-refractivity contribution in [1.29, 1.82) is 0 Å². The van der Waals surface area contributed by atoms with Gasteiger partial charge in [-0.05, 0) is 30.1 Å². The van der Waals surface area contributed by atoms with Crippen molar-refractivity contribution in [1.82, 2.24) is 14.6 Å². The molecule has 2 aromatic heterocycles. The highest BCUT2D eigenvalue weighted by atomic mass is 32.1. The van der Waals surface area contributed by atoms with Gasteiger partial charge in [-0.3, -0.25) is 5.10 Å². The average Bonchev–Trinajstić information content (AvgIpc) is 2.95. The molecule has 0 saturated carbocycles. The van der Waals surface area contributed by atoms with E-state index in [9.17, 15) is 0 Å². The summed E-state index contributed by atoms with van der Waals surface area (Å²) in [6, 6.07) is 3.84. The highest BCUT2D eigenvalue weighted by Gasteiger charge is 2.11. The first kappa shape index (κ1) is 10.00. The first-order valence-corrected chi connectivity index (χ1v) is 5.89. The maximum Gasteiger partial charge on any atom is 0.192 e. The minimum atomic E-state index is 0.663. The second-order valence-corrected chi connectivity index (χ2v) is 4.44. The van der Waals surface area contributed by atoms with Crippen molar-refractivity contribution in [3.63, 3.8) is 0 Å². The number of hydrogen-bond acceptors (Lipinski definition) is 3. The Balaban J connectivity index is 2.31. The second-order valence-electron chi connectivity index (χ2n) is 3.78. The summed E-state index contributed by atoms with van der Waals surface area (Å²) in [5.41, 5.74) is 4.43. The molecule has 0 amide bonds. The molecule has 1 aromatic carbocycles. The molecule has 0 aliphatic carbocycles. The molecule has 0 aliphatic heterocycles. The molecule has 3 aromatic rings. The van der Waals surface area contributed by atoms with E-state index in [0.717, 1.165) is 27.7 Å². The molecule has 0 radical (unpaired) electrons. The smallest absolute Gasteiger partial charge is 0.192 e. The first-order valence-electron chi connectivity index (χ1n) is 5.05. The van der Waals surface area contributed by atoms with Crippen molar-refractivity contribution in [2.45, 2.75) is 6.92 Å². The van der Waals surface area contributed by atoms with E-state index >= 15 is 0 Å². The second kappa shape index (κ2) is 3.68. The van der Waals surface area contributed by atoms with Gasteiger partial charge in [0.2, 0.25) is 0 Å². The van der Waals surface area contributed by atoms with Crippen LogP contribution in [-0.2, 0) is 0 Å². The molecule has 17 heavy (non-hydrogen) atoms. The molecule has 0 atom stereocenters. The van der Waals surface area contributed by atoms with E-state index in [1.165, 1.54) is 11.5 Å². The van der Waals surface area contributed by atoms with Crippen molar-refractivity contribution in [2.75, 3.05) is 0 Å². The Labute approximate surface area is 102 Å². The number of H-pyrrole nitrogens is 1. The fourth-order valence-electron chi connectivity index (χ4n) is 1.82. The van der Waals surface area contributed by atoms with Gasteiger partial charge in [-0.15, -0.1) is 0 Å². The van der Waals surface area contributed by atoms with Gasteiger partial charge in [-0.1, -0.05) is 6.07 Å². The van der Waals surface area contributed by atoms with Crippen molar-refractivity contribution in [2.24, 2.45) is 0 Å². The molecule has 1 N–H and O–H groups in total. The Morgan fingerprint density at radius 3 is 3.00 bits per heavy atom. The summed E-state index contributed by atoms with van der Waals surface area (Å²) < 4.78 is 4.08. The van der Waals surface area contributed by atoms with E-state index in [2.05, 4.69) is 19.4 Å². The Morgan fingerprint density at radius 2 is 2.29 bits per heavy atom. The van der Waals surface area contributed by atoms with Gasteiger partial charge < -0.3 is 0 Å². The molecule has 0 aliphatic rings. The lowest BCUT2D eigenvalue weighted by atomic mass is 10.1. The molecule has 0 spiro atoms. The number of fused-ring (bicyclic) bond motifs is 1. The van der Waals surface area contributed by atoms with Crippen molar-refractivity contribution in [3.8, 4) is 11.3 Å². The summed E-state index contributed by atoms with van der Waals surface area (Å²) >= 11 is 1.41. The third-order valence-electron chi connectivity index (χ3n) is 2.71. The molecule has 0 saturated heterocycles. The Bertz CT molecular complexity index is 719. The summed E-state index contributed by atoms with van der Waals surface area (Å²) in [5, 5.41) is 10.3. The lowest BCUT2D eigenvalue weighted by Crippen LogP contribution is -1.76. The molecule has 0 fully saturated rings. The molecule has 0 bridgehead atoms. The van der Waals surface area contributed by atoms with Crippen LogP contribution < -0.4 is 0 Å². The Hall–Kier alpha value is -2.19. The molecular formula is C12H8N4S. The van der Waals surface area contributed by atoms with Crippen molar-refractivity contribution < 1.29 is 0 Å². The van der Waals surface area contributed by atoms with Gasteiger partial charge in [0.25, 0.3) is 0 Å². The summed E-state index contributed by atoms with van der Waals surface area (Å²) in [7, 11) is 0. The van der Waals surface area contributed by atoms with Gasteiger partial charge in [0, 0.05) is 16.3 Å². The predicted molar refractivity (Wildman–Crippen MR) is 68.2 cm³/mol. The Morgan fingerprint density at radius 1 is 1.41 bits per heavy atom. The number of aromatic amines is 1. The molecule has 0 unspecified atom stereocenters. The van der Waals surface area contributed by atoms with Crippen LogP contribution in [0, 0.1) is 13.5 Å². The summed E-state index contributed by atoms with van der Waals surface area (Å²) in [6.45, 7) is 9.03. The van der Waals surface area contributed by atoms with Gasteiger partial charge in [0.15, 0.2) is 5.69 Å². The number of rotatable bonds is 1. The summed E-state index contributed by atoms with van der Waals surface area (Å²) in [5.74, 6) is 0. The Kier molecular flexibility index (Phi) is 2.16. The van der Waals surface area contributed by atoms with Crippen LogP contribution in [-0.4, -0.2) is 14.6 Å². The van der Waals surface area contributed by atoms with Gasteiger partial charge in [-0.2, -0.15) is 5.10 Å².